The number of rotatable bonds is 4. The number of benzene rings is 1. The molecule has 2 rings (SSSR count). The molecule has 0 spiro atoms. The predicted octanol–water partition coefficient (Wildman–Crippen LogP) is 1.39. The number of halogens is 2. The Balaban J connectivity index is 2.22. The van der Waals surface area contributed by atoms with Gasteiger partial charge in [0.1, 0.15) is 10.5 Å². The Morgan fingerprint density at radius 2 is 2.19 bits per heavy atom. The number of nitrogen functional groups attached to an aromatic ring is 1. The zero-order chi connectivity index (χ0) is 15.8. The number of hydrogen-bond donors (Lipinski definition) is 3. The Labute approximate surface area is 133 Å². The third-order valence-electron chi connectivity index (χ3n) is 3.61. The molecule has 0 saturated carbocycles. The first-order valence-electron chi connectivity index (χ1n) is 6.24. The zero-order valence-electron chi connectivity index (χ0n) is 11.3. The maximum absolute atomic E-state index is 12.3. The Bertz CT molecular complexity index is 653. The van der Waals surface area contributed by atoms with Gasteiger partial charge in [-0.25, -0.2) is 13.1 Å². The largest absolute Gasteiger partial charge is 0.396 e. The highest BCUT2D eigenvalue weighted by molar-refractivity contribution is 7.89. The summed E-state index contributed by atoms with van der Waals surface area (Å²) in [6, 6.07) is 2.62. The average molecular weight is 355 g/mol. The van der Waals surface area contributed by atoms with Crippen molar-refractivity contribution in [2.75, 3.05) is 18.9 Å². The van der Waals surface area contributed by atoms with Crippen LogP contribution in [-0.2, 0) is 14.8 Å². The lowest BCUT2D eigenvalue weighted by Gasteiger charge is -2.26. The van der Waals surface area contributed by atoms with Crippen molar-refractivity contribution in [3.63, 3.8) is 0 Å². The summed E-state index contributed by atoms with van der Waals surface area (Å²) in [7, 11) is -3.92. The minimum absolute atomic E-state index is 0.00233. The summed E-state index contributed by atoms with van der Waals surface area (Å²) in [5, 5.41) is 10.3. The fraction of sp³-hybridized carbons (Fsp3) is 0.500. The van der Waals surface area contributed by atoms with E-state index in [0.29, 0.717) is 13.0 Å². The first-order chi connectivity index (χ1) is 9.67. The standard InChI is InChI=1S/C12H16Cl2N2O4S/c1-7-12(17,4-5-20-7)6-16-21(18,19)9-3-2-8(13)11(15)10(9)14/h2-3,7,16-17H,4-6,15H2,1H3. The number of nitrogens with one attached hydrogen (secondary N) is 1. The SMILES string of the molecule is CC1OCCC1(O)CNS(=O)(=O)c1ccc(Cl)c(N)c1Cl. The van der Waals surface area contributed by atoms with Crippen LogP contribution in [0.2, 0.25) is 10.0 Å². The van der Waals surface area contributed by atoms with Gasteiger partial charge < -0.3 is 15.6 Å². The van der Waals surface area contributed by atoms with Crippen molar-refractivity contribution in [2.45, 2.75) is 29.9 Å². The summed E-state index contributed by atoms with van der Waals surface area (Å²) >= 11 is 11.7. The highest BCUT2D eigenvalue weighted by Crippen LogP contribution is 2.33. The second-order valence-electron chi connectivity index (χ2n) is 4.96. The van der Waals surface area contributed by atoms with Crippen molar-refractivity contribution >= 4 is 38.9 Å². The highest BCUT2D eigenvalue weighted by atomic mass is 35.5. The van der Waals surface area contributed by atoms with Gasteiger partial charge in [-0.1, -0.05) is 23.2 Å². The molecular formula is C12H16Cl2N2O4S. The number of aliphatic hydroxyl groups is 1. The fourth-order valence-corrected chi connectivity index (χ4v) is 3.92. The third-order valence-corrected chi connectivity index (χ3v) is 5.90. The summed E-state index contributed by atoms with van der Waals surface area (Å²) in [5.41, 5.74) is 4.38. The summed E-state index contributed by atoms with van der Waals surface area (Å²) in [5.74, 6) is 0. The van der Waals surface area contributed by atoms with E-state index < -0.39 is 21.7 Å². The van der Waals surface area contributed by atoms with Crippen molar-refractivity contribution < 1.29 is 18.3 Å². The fourth-order valence-electron chi connectivity index (χ4n) is 2.06. The zero-order valence-corrected chi connectivity index (χ0v) is 13.6. The number of ether oxygens (including phenoxy) is 1. The average Bonchev–Trinajstić information content (AvgIpc) is 2.74. The molecule has 1 aliphatic rings. The van der Waals surface area contributed by atoms with Crippen LogP contribution in [0.25, 0.3) is 0 Å². The van der Waals surface area contributed by atoms with Crippen LogP contribution in [0.4, 0.5) is 5.69 Å². The third kappa shape index (κ3) is 3.28. The molecule has 21 heavy (non-hydrogen) atoms. The molecule has 0 bridgehead atoms. The van der Waals surface area contributed by atoms with E-state index in [9.17, 15) is 13.5 Å². The Hall–Kier alpha value is -0.570. The van der Waals surface area contributed by atoms with Gasteiger partial charge in [-0.2, -0.15) is 0 Å². The molecular weight excluding hydrogens is 339 g/mol. The molecule has 118 valence electrons. The smallest absolute Gasteiger partial charge is 0.242 e. The lowest BCUT2D eigenvalue weighted by molar-refractivity contribution is -0.0228. The monoisotopic (exact) mass is 354 g/mol. The van der Waals surface area contributed by atoms with E-state index in [-0.39, 0.29) is 27.2 Å². The van der Waals surface area contributed by atoms with Gasteiger partial charge in [0, 0.05) is 19.6 Å². The second-order valence-corrected chi connectivity index (χ2v) is 7.48. The van der Waals surface area contributed by atoms with Gasteiger partial charge in [0.25, 0.3) is 0 Å². The van der Waals surface area contributed by atoms with Gasteiger partial charge in [0.15, 0.2) is 0 Å². The lowest BCUT2D eigenvalue weighted by Crippen LogP contribution is -2.47. The molecule has 0 aromatic heterocycles. The molecule has 9 heteroatoms. The van der Waals surface area contributed by atoms with Gasteiger partial charge in [-0.3, -0.25) is 0 Å². The number of hydrogen-bond acceptors (Lipinski definition) is 5. The van der Waals surface area contributed by atoms with Gasteiger partial charge in [0.2, 0.25) is 10.0 Å². The van der Waals surface area contributed by atoms with Crippen molar-refractivity contribution in [2.24, 2.45) is 0 Å². The van der Waals surface area contributed by atoms with Gasteiger partial charge in [-0.15, -0.1) is 0 Å². The first-order valence-corrected chi connectivity index (χ1v) is 8.48. The summed E-state index contributed by atoms with van der Waals surface area (Å²) in [4.78, 5) is -0.179. The molecule has 1 aromatic carbocycles. The molecule has 0 amide bonds. The van der Waals surface area contributed by atoms with E-state index in [0.717, 1.165) is 0 Å². The quantitative estimate of drug-likeness (QED) is 0.709. The van der Waals surface area contributed by atoms with E-state index in [1.165, 1.54) is 12.1 Å². The van der Waals surface area contributed by atoms with Crippen LogP contribution in [0.3, 0.4) is 0 Å². The topological polar surface area (TPSA) is 102 Å². The maximum atomic E-state index is 12.3. The highest BCUT2D eigenvalue weighted by Gasteiger charge is 2.40. The molecule has 1 saturated heterocycles. The van der Waals surface area contributed by atoms with Gasteiger partial charge in [-0.05, 0) is 19.1 Å². The minimum atomic E-state index is -3.92. The molecule has 6 nitrogen and oxygen atoms in total. The lowest BCUT2D eigenvalue weighted by atomic mass is 9.97. The van der Waals surface area contributed by atoms with Gasteiger partial charge in [0.05, 0.1) is 21.8 Å². The number of sulfonamides is 1. The number of nitrogens with two attached hydrogens (primary N) is 1. The van der Waals surface area contributed by atoms with Crippen molar-refractivity contribution in [1.29, 1.82) is 0 Å². The Morgan fingerprint density at radius 1 is 1.52 bits per heavy atom. The molecule has 2 unspecified atom stereocenters. The molecule has 1 fully saturated rings. The maximum Gasteiger partial charge on any atom is 0.242 e. The first kappa shape index (κ1) is 16.8. The van der Waals surface area contributed by atoms with Crippen LogP contribution in [0.5, 0.6) is 0 Å². The van der Waals surface area contributed by atoms with Gasteiger partial charge >= 0.3 is 0 Å². The minimum Gasteiger partial charge on any atom is -0.396 e. The molecule has 1 aliphatic heterocycles. The predicted molar refractivity (Wildman–Crippen MR) is 81.0 cm³/mol. The molecule has 2 atom stereocenters. The van der Waals surface area contributed by atoms with Crippen LogP contribution in [0.15, 0.2) is 17.0 Å². The van der Waals surface area contributed by atoms with Crippen LogP contribution >= 0.6 is 23.2 Å². The van der Waals surface area contributed by atoms with E-state index in [4.69, 9.17) is 33.7 Å². The van der Waals surface area contributed by atoms with Crippen molar-refractivity contribution in [3.05, 3.63) is 22.2 Å². The van der Waals surface area contributed by atoms with E-state index >= 15 is 0 Å². The van der Waals surface area contributed by atoms with Crippen LogP contribution in [-0.4, -0.2) is 38.4 Å². The Kier molecular flexibility index (Phi) is 4.72. The normalized spacial score (nSPS) is 26.2. The second kappa shape index (κ2) is 5.91. The summed E-state index contributed by atoms with van der Waals surface area (Å²) in [6.45, 7) is 1.90. The number of anilines is 1. The molecule has 1 heterocycles. The van der Waals surface area contributed by atoms with E-state index in [1.807, 2.05) is 0 Å². The van der Waals surface area contributed by atoms with Crippen LogP contribution < -0.4 is 10.5 Å². The summed E-state index contributed by atoms with van der Waals surface area (Å²) < 4.78 is 32.1. The Morgan fingerprint density at radius 3 is 2.76 bits per heavy atom. The van der Waals surface area contributed by atoms with E-state index in [1.54, 1.807) is 6.92 Å². The molecule has 1 aromatic rings. The molecule has 0 radical (unpaired) electrons. The van der Waals surface area contributed by atoms with Crippen molar-refractivity contribution in [3.8, 4) is 0 Å². The molecule has 0 aliphatic carbocycles. The van der Waals surface area contributed by atoms with Crippen LogP contribution in [0.1, 0.15) is 13.3 Å². The summed E-state index contributed by atoms with van der Waals surface area (Å²) in [6.07, 6.45) is -0.0985. The molecule has 4 N–H and O–H groups in total. The van der Waals surface area contributed by atoms with E-state index in [2.05, 4.69) is 4.72 Å². The van der Waals surface area contributed by atoms with Crippen molar-refractivity contribution in [1.82, 2.24) is 4.72 Å². The van der Waals surface area contributed by atoms with Crippen LogP contribution in [0, 0.1) is 0 Å².